The number of aryl methyl sites for hydroxylation is 1. The predicted octanol–water partition coefficient (Wildman–Crippen LogP) is 4.41. The second-order valence-electron chi connectivity index (χ2n) is 7.26. The second-order valence-corrected chi connectivity index (χ2v) is 7.26. The van der Waals surface area contributed by atoms with Gasteiger partial charge in [-0.3, -0.25) is 4.49 Å². The number of nitrogens with zero attached hydrogens (tertiary/aromatic N) is 1. The van der Waals surface area contributed by atoms with Crippen molar-refractivity contribution in [3.05, 3.63) is 76.3 Å². The van der Waals surface area contributed by atoms with E-state index in [0.717, 1.165) is 29.1 Å². The Labute approximate surface area is 163 Å². The molecule has 2 heterocycles. The van der Waals surface area contributed by atoms with Crippen LogP contribution in [0.15, 0.2) is 48.2 Å². The Morgan fingerprint density at radius 3 is 2.56 bits per heavy atom. The highest BCUT2D eigenvalue weighted by atomic mass is 14.9. The number of rotatable bonds is 6. The lowest BCUT2D eigenvalue weighted by molar-refractivity contribution is -0.294. The van der Waals surface area contributed by atoms with Crippen LogP contribution in [0.3, 0.4) is 0 Å². The summed E-state index contributed by atoms with van der Waals surface area (Å²) in [5, 5.41) is 0. The topological polar surface area (TPSA) is 44.8 Å². The van der Waals surface area contributed by atoms with Gasteiger partial charge in [0.1, 0.15) is 6.21 Å². The number of aromatic amines is 1. The average molecular weight is 356 g/mol. The molecule has 0 atom stereocenters. The van der Waals surface area contributed by atoms with Crippen LogP contribution in [0.1, 0.15) is 54.3 Å². The number of nitrogens with two attached hydrogens (primary N) is 1. The van der Waals surface area contributed by atoms with Crippen molar-refractivity contribution in [2.75, 3.05) is 6.54 Å². The SMILES string of the molecule is [B][N+]1=CC=CC1=C(CCN)c1[nH]c(/C=C/c2ccc(C(C)C)cc2)cc1C. The lowest BCUT2D eigenvalue weighted by atomic mass is 10.0. The van der Waals surface area contributed by atoms with Crippen molar-refractivity contribution in [2.24, 2.45) is 5.73 Å². The van der Waals surface area contributed by atoms with E-state index in [1.165, 1.54) is 16.7 Å². The molecule has 2 aromatic rings. The number of H-pyrrole nitrogens is 1. The van der Waals surface area contributed by atoms with Gasteiger partial charge in [-0.05, 0) is 54.6 Å². The highest BCUT2D eigenvalue weighted by Gasteiger charge is 2.20. The zero-order valence-corrected chi connectivity index (χ0v) is 16.4. The normalized spacial score (nSPS) is 15.8. The molecular formula is C23H27BN3+. The molecule has 4 heteroatoms. The highest BCUT2D eigenvalue weighted by Crippen LogP contribution is 2.27. The van der Waals surface area contributed by atoms with Gasteiger partial charge in [-0.2, -0.15) is 0 Å². The summed E-state index contributed by atoms with van der Waals surface area (Å²) in [6.07, 6.45) is 10.8. The Morgan fingerprint density at radius 2 is 1.96 bits per heavy atom. The molecule has 0 amide bonds. The molecule has 3 N–H and O–H groups in total. The Bertz CT molecular complexity index is 925. The van der Waals surface area contributed by atoms with Crippen molar-refractivity contribution in [1.29, 1.82) is 0 Å². The van der Waals surface area contributed by atoms with Gasteiger partial charge in [-0.15, -0.1) is 0 Å². The molecule has 0 aliphatic carbocycles. The summed E-state index contributed by atoms with van der Waals surface area (Å²) in [6, 6.07) is 10.9. The molecule has 1 aromatic heterocycles. The Balaban J connectivity index is 1.87. The van der Waals surface area contributed by atoms with Crippen LogP contribution in [0.2, 0.25) is 0 Å². The lowest BCUT2D eigenvalue weighted by Gasteiger charge is -2.07. The third-order valence-electron chi connectivity index (χ3n) is 4.88. The summed E-state index contributed by atoms with van der Waals surface area (Å²) in [6.45, 7) is 7.11. The molecule has 27 heavy (non-hydrogen) atoms. The molecule has 0 saturated carbocycles. The van der Waals surface area contributed by atoms with E-state index < -0.39 is 0 Å². The third kappa shape index (κ3) is 4.40. The molecule has 0 fully saturated rings. The molecule has 0 saturated heterocycles. The van der Waals surface area contributed by atoms with Gasteiger partial charge in [0.25, 0.3) is 0 Å². The first-order valence-electron chi connectivity index (χ1n) is 9.46. The summed E-state index contributed by atoms with van der Waals surface area (Å²) < 4.78 is 1.65. The summed E-state index contributed by atoms with van der Waals surface area (Å²) in [5.41, 5.74) is 13.9. The van der Waals surface area contributed by atoms with Crippen LogP contribution in [0, 0.1) is 6.92 Å². The standard InChI is InChI=1S/C23H27BN3/c1-16(2)19-9-6-18(7-10-19)8-11-20-15-17(3)23(26-20)21(12-13-25)22-5-4-14-27(22)24/h4-11,14-16,26H,12-13,25H2,1-3H3/q+1/b11-8+. The van der Waals surface area contributed by atoms with Crippen LogP contribution in [0.5, 0.6) is 0 Å². The largest absolute Gasteiger partial charge is 0.586 e. The molecule has 1 aromatic carbocycles. The number of allylic oxidation sites excluding steroid dienone is 2. The zero-order chi connectivity index (χ0) is 19.4. The highest BCUT2D eigenvalue weighted by molar-refractivity contribution is 6.01. The lowest BCUT2D eigenvalue weighted by Crippen LogP contribution is -2.09. The number of aromatic nitrogens is 1. The molecule has 1 aliphatic heterocycles. The molecule has 0 spiro atoms. The van der Waals surface area contributed by atoms with Gasteiger partial charge in [0.2, 0.25) is 0 Å². The Hall–Kier alpha value is -2.59. The van der Waals surface area contributed by atoms with Crippen molar-refractivity contribution >= 4 is 31.9 Å². The van der Waals surface area contributed by atoms with E-state index in [4.69, 9.17) is 13.7 Å². The molecule has 2 radical (unpaired) electrons. The van der Waals surface area contributed by atoms with Crippen LogP contribution in [0.4, 0.5) is 0 Å². The van der Waals surface area contributed by atoms with Crippen molar-refractivity contribution in [3.8, 4) is 0 Å². The molecular weight excluding hydrogens is 329 g/mol. The van der Waals surface area contributed by atoms with Crippen LogP contribution in [-0.4, -0.2) is 30.2 Å². The first-order chi connectivity index (χ1) is 13.0. The van der Waals surface area contributed by atoms with Crippen molar-refractivity contribution in [2.45, 2.75) is 33.1 Å². The van der Waals surface area contributed by atoms with Gasteiger partial charge in [-0.1, -0.05) is 44.2 Å². The molecule has 3 nitrogen and oxygen atoms in total. The van der Waals surface area contributed by atoms with Gasteiger partial charge in [0.05, 0.1) is 5.69 Å². The molecule has 0 bridgehead atoms. The van der Waals surface area contributed by atoms with E-state index in [1.54, 1.807) is 4.49 Å². The molecule has 0 unspecified atom stereocenters. The Kier molecular flexibility index (Phi) is 5.97. The van der Waals surface area contributed by atoms with E-state index in [0.29, 0.717) is 12.5 Å². The molecule has 136 valence electrons. The predicted molar refractivity (Wildman–Crippen MR) is 117 cm³/mol. The van der Waals surface area contributed by atoms with Crippen molar-refractivity contribution in [1.82, 2.24) is 4.98 Å². The van der Waals surface area contributed by atoms with Gasteiger partial charge < -0.3 is 10.7 Å². The number of benzene rings is 1. The summed E-state index contributed by atoms with van der Waals surface area (Å²) >= 11 is 0. The minimum Gasteiger partial charge on any atom is -0.355 e. The van der Waals surface area contributed by atoms with E-state index in [9.17, 15) is 0 Å². The fourth-order valence-electron chi connectivity index (χ4n) is 3.34. The maximum absolute atomic E-state index is 6.06. The van der Waals surface area contributed by atoms with Crippen LogP contribution in [0.25, 0.3) is 17.7 Å². The maximum atomic E-state index is 6.06. The fourth-order valence-corrected chi connectivity index (χ4v) is 3.34. The third-order valence-corrected chi connectivity index (χ3v) is 4.88. The average Bonchev–Trinajstić information content (AvgIpc) is 3.24. The number of hydrogen-bond acceptors (Lipinski definition) is 1. The minimum atomic E-state index is 0.551. The van der Waals surface area contributed by atoms with Gasteiger partial charge >= 0.3 is 7.98 Å². The Morgan fingerprint density at radius 1 is 1.22 bits per heavy atom. The van der Waals surface area contributed by atoms with Crippen molar-refractivity contribution < 1.29 is 4.49 Å². The smallest absolute Gasteiger partial charge is 0.355 e. The minimum absolute atomic E-state index is 0.551. The van der Waals surface area contributed by atoms with E-state index in [2.05, 4.69) is 68.2 Å². The van der Waals surface area contributed by atoms with Crippen molar-refractivity contribution in [3.63, 3.8) is 0 Å². The summed E-state index contributed by atoms with van der Waals surface area (Å²) in [7, 11) is 6.06. The number of hydrogen-bond donors (Lipinski definition) is 2. The van der Waals surface area contributed by atoms with Crippen LogP contribution in [-0.2, 0) is 0 Å². The van der Waals surface area contributed by atoms with Crippen LogP contribution < -0.4 is 5.73 Å². The van der Waals surface area contributed by atoms with Gasteiger partial charge in [0.15, 0.2) is 5.70 Å². The zero-order valence-electron chi connectivity index (χ0n) is 16.4. The molecule has 1 aliphatic rings. The van der Waals surface area contributed by atoms with Gasteiger partial charge in [-0.25, -0.2) is 0 Å². The number of nitrogens with one attached hydrogen (secondary N) is 1. The summed E-state index contributed by atoms with van der Waals surface area (Å²) in [5.74, 6) is 0.551. The quantitative estimate of drug-likeness (QED) is 0.740. The monoisotopic (exact) mass is 356 g/mol. The van der Waals surface area contributed by atoms with Gasteiger partial charge in [0, 0.05) is 23.4 Å². The van der Waals surface area contributed by atoms with E-state index in [-0.39, 0.29) is 0 Å². The fraction of sp³-hybridized carbons (Fsp3) is 0.261. The first-order valence-corrected chi connectivity index (χ1v) is 9.46. The second kappa shape index (κ2) is 8.40. The van der Waals surface area contributed by atoms with E-state index >= 15 is 0 Å². The summed E-state index contributed by atoms with van der Waals surface area (Å²) in [4.78, 5) is 3.53. The molecule has 3 rings (SSSR count). The maximum Gasteiger partial charge on any atom is 0.586 e. The van der Waals surface area contributed by atoms with Crippen LogP contribution >= 0.6 is 0 Å². The first kappa shape index (κ1) is 19.2. The van der Waals surface area contributed by atoms with E-state index in [1.807, 2.05) is 18.4 Å².